The molecular weight excluding hydrogens is 128 g/mol. The fraction of sp³-hybridized carbons (Fsp3) is 0.667. The van der Waals surface area contributed by atoms with Gasteiger partial charge in [-0.3, -0.25) is 4.68 Å². The molecule has 1 aromatic heterocycles. The summed E-state index contributed by atoms with van der Waals surface area (Å²) in [6, 6.07) is 0. The molecular formula is C6H11N4. The summed E-state index contributed by atoms with van der Waals surface area (Å²) in [6.45, 7) is 4.55. The van der Waals surface area contributed by atoms with E-state index in [1.807, 2.05) is 13.8 Å². The third kappa shape index (κ3) is 2.14. The third-order valence-corrected chi connectivity index (χ3v) is 0.994. The van der Waals surface area contributed by atoms with Crippen molar-refractivity contribution >= 4 is 0 Å². The minimum Gasteiger partial charge on any atom is -0.324 e. The smallest absolute Gasteiger partial charge is 0.134 e. The Morgan fingerprint density at radius 1 is 1.70 bits per heavy atom. The van der Waals surface area contributed by atoms with Gasteiger partial charge >= 0.3 is 0 Å². The number of rotatable bonds is 2. The summed E-state index contributed by atoms with van der Waals surface area (Å²) in [7, 11) is 0. The molecule has 0 aliphatic carbocycles. The van der Waals surface area contributed by atoms with Crippen molar-refractivity contribution in [2.45, 2.75) is 25.9 Å². The number of hydrogen-bond donors (Lipinski definition) is 1. The largest absolute Gasteiger partial charge is 0.324 e. The van der Waals surface area contributed by atoms with Crippen LogP contribution >= 0.6 is 0 Å². The highest BCUT2D eigenvalue weighted by atomic mass is 15.4. The van der Waals surface area contributed by atoms with Gasteiger partial charge in [-0.25, -0.2) is 0 Å². The number of aromatic nitrogens is 3. The molecule has 1 aromatic rings. The predicted molar refractivity (Wildman–Crippen MR) is 37.1 cm³/mol. The van der Waals surface area contributed by atoms with Crippen molar-refractivity contribution in [1.82, 2.24) is 15.0 Å². The standard InChI is InChI=1S/C6H11N4/c1-6(2,7)5-10-4-3-8-9-10/h4H,5,7H2,1-2H3. The Morgan fingerprint density at radius 3 is 2.80 bits per heavy atom. The van der Waals surface area contributed by atoms with E-state index in [9.17, 15) is 0 Å². The van der Waals surface area contributed by atoms with Gasteiger partial charge in [-0.15, -0.1) is 5.10 Å². The van der Waals surface area contributed by atoms with Crippen LogP contribution in [0.1, 0.15) is 13.8 Å². The van der Waals surface area contributed by atoms with Crippen LogP contribution in [0.15, 0.2) is 6.20 Å². The molecule has 1 heterocycles. The van der Waals surface area contributed by atoms with Crippen molar-refractivity contribution in [1.29, 1.82) is 0 Å². The summed E-state index contributed by atoms with van der Waals surface area (Å²) in [4.78, 5) is 0. The molecule has 2 N–H and O–H groups in total. The van der Waals surface area contributed by atoms with Gasteiger partial charge in [0.25, 0.3) is 0 Å². The molecule has 1 radical (unpaired) electrons. The van der Waals surface area contributed by atoms with Gasteiger partial charge in [-0.05, 0) is 13.8 Å². The maximum Gasteiger partial charge on any atom is 0.134 e. The number of hydrogen-bond acceptors (Lipinski definition) is 3. The van der Waals surface area contributed by atoms with Gasteiger partial charge in [-0.2, -0.15) is 0 Å². The predicted octanol–water partition coefficient (Wildman–Crippen LogP) is -0.184. The second-order valence-corrected chi connectivity index (χ2v) is 3.03. The molecule has 4 heteroatoms. The van der Waals surface area contributed by atoms with Crippen LogP contribution < -0.4 is 5.73 Å². The molecule has 0 saturated heterocycles. The molecule has 55 valence electrons. The minimum absolute atomic E-state index is 0.235. The van der Waals surface area contributed by atoms with Crippen molar-refractivity contribution in [3.05, 3.63) is 12.4 Å². The highest BCUT2D eigenvalue weighted by molar-refractivity contribution is 4.73. The Labute approximate surface area is 60.0 Å². The summed E-state index contributed by atoms with van der Waals surface area (Å²) in [5.41, 5.74) is 5.49. The SMILES string of the molecule is CC(C)(N)Cn1c[c]nn1. The molecule has 0 amide bonds. The van der Waals surface area contributed by atoms with Crippen LogP contribution in [0.2, 0.25) is 0 Å². The molecule has 4 nitrogen and oxygen atoms in total. The summed E-state index contributed by atoms with van der Waals surface area (Å²) < 4.78 is 1.67. The minimum atomic E-state index is -0.235. The molecule has 0 atom stereocenters. The van der Waals surface area contributed by atoms with Gasteiger partial charge in [0.2, 0.25) is 0 Å². The maximum absolute atomic E-state index is 5.72. The van der Waals surface area contributed by atoms with Crippen molar-refractivity contribution in [2.24, 2.45) is 5.73 Å². The number of nitrogens with two attached hydrogens (primary N) is 1. The average Bonchev–Trinajstić information content (AvgIpc) is 2.12. The average molecular weight is 139 g/mol. The van der Waals surface area contributed by atoms with Crippen molar-refractivity contribution < 1.29 is 0 Å². The van der Waals surface area contributed by atoms with Crippen molar-refractivity contribution in [3.8, 4) is 0 Å². The highest BCUT2D eigenvalue weighted by Crippen LogP contribution is 1.98. The summed E-state index contributed by atoms with van der Waals surface area (Å²) in [6.07, 6.45) is 4.27. The van der Waals surface area contributed by atoms with Crippen LogP contribution in [0.4, 0.5) is 0 Å². The van der Waals surface area contributed by atoms with E-state index in [1.54, 1.807) is 10.9 Å². The van der Waals surface area contributed by atoms with Crippen LogP contribution in [0.25, 0.3) is 0 Å². The van der Waals surface area contributed by atoms with E-state index in [1.165, 1.54) is 0 Å². The monoisotopic (exact) mass is 139 g/mol. The molecule has 0 unspecified atom stereocenters. The molecule has 0 aromatic carbocycles. The fourth-order valence-corrected chi connectivity index (χ4v) is 0.696. The lowest BCUT2D eigenvalue weighted by molar-refractivity contribution is 0.402. The summed E-state index contributed by atoms with van der Waals surface area (Å²) in [5, 5.41) is 7.27. The van der Waals surface area contributed by atoms with Crippen LogP contribution in [-0.4, -0.2) is 20.5 Å². The fourth-order valence-electron chi connectivity index (χ4n) is 0.696. The molecule has 0 saturated carbocycles. The van der Waals surface area contributed by atoms with Crippen molar-refractivity contribution in [2.75, 3.05) is 0 Å². The first kappa shape index (κ1) is 7.21. The topological polar surface area (TPSA) is 56.7 Å². The van der Waals surface area contributed by atoms with Gasteiger partial charge in [-0.1, -0.05) is 5.21 Å². The maximum atomic E-state index is 5.72. The first-order valence-electron chi connectivity index (χ1n) is 3.13. The molecule has 0 spiro atoms. The second kappa shape index (κ2) is 2.38. The summed E-state index contributed by atoms with van der Waals surface area (Å²) >= 11 is 0. The normalized spacial score (nSPS) is 11.9. The van der Waals surface area contributed by atoms with Crippen LogP contribution in [-0.2, 0) is 6.54 Å². The lowest BCUT2D eigenvalue weighted by Gasteiger charge is -2.16. The summed E-state index contributed by atoms with van der Waals surface area (Å²) in [5.74, 6) is 0. The van der Waals surface area contributed by atoms with E-state index in [0.29, 0.717) is 6.54 Å². The molecule has 0 aliphatic heterocycles. The van der Waals surface area contributed by atoms with Crippen LogP contribution in [0, 0.1) is 6.20 Å². The lowest BCUT2D eigenvalue weighted by atomic mass is 10.1. The molecule has 0 aliphatic rings. The molecule has 1 rings (SSSR count). The quantitative estimate of drug-likeness (QED) is 0.618. The van der Waals surface area contributed by atoms with Crippen molar-refractivity contribution in [3.63, 3.8) is 0 Å². The first-order valence-corrected chi connectivity index (χ1v) is 3.13. The lowest BCUT2D eigenvalue weighted by Crippen LogP contribution is -2.37. The zero-order valence-corrected chi connectivity index (χ0v) is 6.20. The van der Waals surface area contributed by atoms with E-state index in [4.69, 9.17) is 5.73 Å². The Morgan fingerprint density at radius 2 is 2.40 bits per heavy atom. The van der Waals surface area contributed by atoms with Crippen LogP contribution in [0.5, 0.6) is 0 Å². The Balaban J connectivity index is 2.57. The molecule has 10 heavy (non-hydrogen) atoms. The molecule has 0 bridgehead atoms. The van der Waals surface area contributed by atoms with E-state index < -0.39 is 0 Å². The van der Waals surface area contributed by atoms with E-state index in [2.05, 4.69) is 16.5 Å². The molecule has 0 fully saturated rings. The van der Waals surface area contributed by atoms with Gasteiger partial charge in [0.1, 0.15) is 6.20 Å². The van der Waals surface area contributed by atoms with E-state index >= 15 is 0 Å². The van der Waals surface area contributed by atoms with Gasteiger partial charge in [0.05, 0.1) is 12.7 Å². The van der Waals surface area contributed by atoms with E-state index in [0.717, 1.165) is 0 Å². The first-order chi connectivity index (χ1) is 4.58. The zero-order valence-electron chi connectivity index (χ0n) is 6.20. The highest BCUT2D eigenvalue weighted by Gasteiger charge is 2.10. The Bertz CT molecular complexity index is 184. The zero-order chi connectivity index (χ0) is 7.61. The Hall–Kier alpha value is -0.900. The Kier molecular flexibility index (Phi) is 1.72. The van der Waals surface area contributed by atoms with Gasteiger partial charge in [0, 0.05) is 5.54 Å². The van der Waals surface area contributed by atoms with Gasteiger partial charge < -0.3 is 5.73 Å². The second-order valence-electron chi connectivity index (χ2n) is 3.03. The van der Waals surface area contributed by atoms with E-state index in [-0.39, 0.29) is 5.54 Å². The van der Waals surface area contributed by atoms with Gasteiger partial charge in [0.15, 0.2) is 0 Å². The third-order valence-electron chi connectivity index (χ3n) is 0.994. The van der Waals surface area contributed by atoms with Crippen LogP contribution in [0.3, 0.4) is 0 Å². The number of nitrogens with zero attached hydrogens (tertiary/aromatic N) is 3.